The molecule has 0 saturated heterocycles. The van der Waals surface area contributed by atoms with Crippen molar-refractivity contribution in [1.82, 2.24) is 4.98 Å². The largest absolute Gasteiger partial charge is 0.502 e. The standard InChI is InChI=1S/C12H8ClN3O4/c13-8-2-1-5-14-11(8)15-12(18)7-3-4-9(16(19)20)10(17)6-7/h1-6,17H,(H,14,15,18). The number of pyridine rings is 1. The number of hydrogen-bond acceptors (Lipinski definition) is 5. The van der Waals surface area contributed by atoms with Crippen molar-refractivity contribution in [3.63, 3.8) is 0 Å². The Labute approximate surface area is 118 Å². The maximum Gasteiger partial charge on any atom is 0.310 e. The van der Waals surface area contributed by atoms with Crippen molar-refractivity contribution in [3.8, 4) is 5.75 Å². The third kappa shape index (κ3) is 2.83. The van der Waals surface area contributed by atoms with Gasteiger partial charge in [-0.1, -0.05) is 11.6 Å². The van der Waals surface area contributed by atoms with Crippen LogP contribution in [0.3, 0.4) is 0 Å². The molecule has 8 heteroatoms. The molecular formula is C12H8ClN3O4. The fourth-order valence-electron chi connectivity index (χ4n) is 1.48. The van der Waals surface area contributed by atoms with Crippen LogP contribution >= 0.6 is 11.6 Å². The Morgan fingerprint density at radius 1 is 1.40 bits per heavy atom. The van der Waals surface area contributed by atoms with Crippen LogP contribution in [-0.4, -0.2) is 20.9 Å². The van der Waals surface area contributed by atoms with Gasteiger partial charge in [0.15, 0.2) is 11.6 Å². The van der Waals surface area contributed by atoms with Gasteiger partial charge in [-0.3, -0.25) is 14.9 Å². The van der Waals surface area contributed by atoms with E-state index in [0.29, 0.717) is 0 Å². The van der Waals surface area contributed by atoms with E-state index in [4.69, 9.17) is 11.6 Å². The average molecular weight is 294 g/mol. The molecule has 0 atom stereocenters. The quantitative estimate of drug-likeness (QED) is 0.668. The maximum atomic E-state index is 11.9. The second-order valence-corrected chi connectivity index (χ2v) is 4.16. The van der Waals surface area contributed by atoms with Crippen LogP contribution in [0.4, 0.5) is 11.5 Å². The monoisotopic (exact) mass is 293 g/mol. The first kappa shape index (κ1) is 13.8. The van der Waals surface area contributed by atoms with E-state index >= 15 is 0 Å². The molecule has 2 aromatic rings. The highest BCUT2D eigenvalue weighted by molar-refractivity contribution is 6.33. The Morgan fingerprint density at radius 3 is 2.75 bits per heavy atom. The molecule has 1 aromatic carbocycles. The van der Waals surface area contributed by atoms with Crippen molar-refractivity contribution in [2.24, 2.45) is 0 Å². The molecule has 0 aliphatic rings. The summed E-state index contributed by atoms with van der Waals surface area (Å²) < 4.78 is 0. The van der Waals surface area contributed by atoms with Crippen LogP contribution < -0.4 is 5.32 Å². The maximum absolute atomic E-state index is 11.9. The Kier molecular flexibility index (Phi) is 3.81. The number of nitrogens with zero attached hydrogens (tertiary/aromatic N) is 2. The van der Waals surface area contributed by atoms with Gasteiger partial charge in [-0.25, -0.2) is 4.98 Å². The molecule has 0 bridgehead atoms. The predicted molar refractivity (Wildman–Crippen MR) is 72.0 cm³/mol. The van der Waals surface area contributed by atoms with Crippen molar-refractivity contribution in [3.05, 3.63) is 57.2 Å². The molecule has 0 saturated carbocycles. The molecule has 0 aliphatic carbocycles. The Morgan fingerprint density at radius 2 is 2.15 bits per heavy atom. The lowest BCUT2D eigenvalue weighted by molar-refractivity contribution is -0.385. The molecule has 0 radical (unpaired) electrons. The van der Waals surface area contributed by atoms with Gasteiger partial charge in [0.2, 0.25) is 0 Å². The number of carbonyl (C=O) groups excluding carboxylic acids is 1. The topological polar surface area (TPSA) is 105 Å². The van der Waals surface area contributed by atoms with Crippen LogP contribution in [0.1, 0.15) is 10.4 Å². The fourth-order valence-corrected chi connectivity index (χ4v) is 1.65. The number of amides is 1. The fraction of sp³-hybridized carbons (Fsp3) is 0. The van der Waals surface area contributed by atoms with Crippen LogP contribution in [0.5, 0.6) is 5.75 Å². The molecule has 2 rings (SSSR count). The molecule has 1 amide bonds. The summed E-state index contributed by atoms with van der Waals surface area (Å²) in [4.78, 5) is 25.6. The lowest BCUT2D eigenvalue weighted by Crippen LogP contribution is -2.13. The number of hydrogen-bond donors (Lipinski definition) is 2. The zero-order valence-electron chi connectivity index (χ0n) is 9.91. The third-order valence-corrected chi connectivity index (χ3v) is 2.73. The highest BCUT2D eigenvalue weighted by atomic mass is 35.5. The summed E-state index contributed by atoms with van der Waals surface area (Å²) in [6.07, 6.45) is 1.45. The number of rotatable bonds is 3. The van der Waals surface area contributed by atoms with Gasteiger partial charge in [0.05, 0.1) is 9.95 Å². The van der Waals surface area contributed by atoms with E-state index in [1.807, 2.05) is 0 Å². The van der Waals surface area contributed by atoms with Gasteiger partial charge in [0.1, 0.15) is 0 Å². The Bertz CT molecular complexity index is 690. The van der Waals surface area contributed by atoms with Crippen molar-refractivity contribution in [2.45, 2.75) is 0 Å². The summed E-state index contributed by atoms with van der Waals surface area (Å²) in [6, 6.07) is 6.44. The second kappa shape index (κ2) is 5.54. The molecule has 1 aromatic heterocycles. The van der Waals surface area contributed by atoms with Gasteiger partial charge in [0, 0.05) is 17.8 Å². The smallest absolute Gasteiger partial charge is 0.310 e. The number of aromatic nitrogens is 1. The first-order chi connectivity index (χ1) is 9.49. The van der Waals surface area contributed by atoms with Crippen LogP contribution in [-0.2, 0) is 0 Å². The first-order valence-corrected chi connectivity index (χ1v) is 5.76. The normalized spacial score (nSPS) is 10.1. The van der Waals surface area contributed by atoms with Gasteiger partial charge >= 0.3 is 5.69 Å². The predicted octanol–water partition coefficient (Wildman–Crippen LogP) is 2.60. The molecule has 102 valence electrons. The van der Waals surface area contributed by atoms with E-state index in [0.717, 1.165) is 12.1 Å². The van der Waals surface area contributed by atoms with E-state index in [2.05, 4.69) is 10.3 Å². The van der Waals surface area contributed by atoms with Gasteiger partial charge in [0.25, 0.3) is 5.91 Å². The van der Waals surface area contributed by atoms with E-state index in [1.54, 1.807) is 12.1 Å². The number of benzene rings is 1. The summed E-state index contributed by atoms with van der Waals surface area (Å²) in [7, 11) is 0. The van der Waals surface area contributed by atoms with Crippen molar-refractivity contribution in [2.75, 3.05) is 5.32 Å². The number of nitro groups is 1. The van der Waals surface area contributed by atoms with E-state index in [-0.39, 0.29) is 16.4 Å². The molecule has 1 heterocycles. The lowest BCUT2D eigenvalue weighted by Gasteiger charge is -2.06. The number of phenolic OH excluding ortho intramolecular Hbond substituents is 1. The number of carbonyl (C=O) groups is 1. The highest BCUT2D eigenvalue weighted by Gasteiger charge is 2.16. The van der Waals surface area contributed by atoms with Crippen LogP contribution in [0, 0.1) is 10.1 Å². The second-order valence-electron chi connectivity index (χ2n) is 3.75. The van der Waals surface area contributed by atoms with E-state index < -0.39 is 22.3 Å². The lowest BCUT2D eigenvalue weighted by atomic mass is 10.2. The SMILES string of the molecule is O=C(Nc1ncccc1Cl)c1ccc([N+](=O)[O-])c(O)c1. The number of halogens is 1. The minimum Gasteiger partial charge on any atom is -0.502 e. The summed E-state index contributed by atoms with van der Waals surface area (Å²) >= 11 is 5.84. The first-order valence-electron chi connectivity index (χ1n) is 5.38. The van der Waals surface area contributed by atoms with Crippen LogP contribution in [0.25, 0.3) is 0 Å². The summed E-state index contributed by atoms with van der Waals surface area (Å²) in [5.74, 6) is -1.01. The van der Waals surface area contributed by atoms with Crippen molar-refractivity contribution in [1.29, 1.82) is 0 Å². The molecule has 20 heavy (non-hydrogen) atoms. The third-order valence-electron chi connectivity index (χ3n) is 2.42. The minimum absolute atomic E-state index is 0.0508. The number of nitrogens with one attached hydrogen (secondary N) is 1. The van der Waals surface area contributed by atoms with Crippen LogP contribution in [0.15, 0.2) is 36.5 Å². The van der Waals surface area contributed by atoms with E-state index in [9.17, 15) is 20.0 Å². The van der Waals surface area contributed by atoms with Crippen molar-refractivity contribution < 1.29 is 14.8 Å². The molecule has 0 unspecified atom stereocenters. The number of aromatic hydroxyl groups is 1. The Balaban J connectivity index is 2.24. The van der Waals surface area contributed by atoms with Gasteiger partial charge in [-0.2, -0.15) is 0 Å². The zero-order valence-corrected chi connectivity index (χ0v) is 10.7. The van der Waals surface area contributed by atoms with Crippen molar-refractivity contribution >= 4 is 29.0 Å². The van der Waals surface area contributed by atoms with Gasteiger partial charge < -0.3 is 10.4 Å². The molecule has 2 N–H and O–H groups in total. The number of phenols is 1. The molecule has 7 nitrogen and oxygen atoms in total. The molecule has 0 spiro atoms. The zero-order chi connectivity index (χ0) is 14.7. The van der Waals surface area contributed by atoms with Crippen LogP contribution in [0.2, 0.25) is 5.02 Å². The van der Waals surface area contributed by atoms with E-state index in [1.165, 1.54) is 12.3 Å². The number of nitro benzene ring substituents is 1. The average Bonchev–Trinajstić information content (AvgIpc) is 2.40. The Hall–Kier alpha value is -2.67. The molecular weight excluding hydrogens is 286 g/mol. The number of anilines is 1. The summed E-state index contributed by atoms with van der Waals surface area (Å²) in [6.45, 7) is 0. The summed E-state index contributed by atoms with van der Waals surface area (Å²) in [5.41, 5.74) is -0.424. The highest BCUT2D eigenvalue weighted by Crippen LogP contribution is 2.27. The van der Waals surface area contributed by atoms with Gasteiger partial charge in [-0.05, 0) is 24.3 Å². The molecule has 0 fully saturated rings. The summed E-state index contributed by atoms with van der Waals surface area (Å²) in [5, 5.41) is 22.7. The van der Waals surface area contributed by atoms with Gasteiger partial charge in [-0.15, -0.1) is 0 Å². The minimum atomic E-state index is -0.743. The molecule has 0 aliphatic heterocycles.